The van der Waals surface area contributed by atoms with E-state index in [1.165, 1.54) is 12.8 Å². The maximum atomic E-state index is 12.0. The van der Waals surface area contributed by atoms with E-state index in [1.54, 1.807) is 16.7 Å². The summed E-state index contributed by atoms with van der Waals surface area (Å²) in [6.07, 6.45) is 12.7. The molecular weight excluding hydrogens is 368 g/mol. The van der Waals surface area contributed by atoms with Crippen LogP contribution < -0.4 is 0 Å². The fourth-order valence-electron chi connectivity index (χ4n) is 7.98. The van der Waals surface area contributed by atoms with E-state index in [9.17, 15) is 5.11 Å². The minimum Gasteiger partial charge on any atom is -0.386 e. The van der Waals surface area contributed by atoms with Gasteiger partial charge in [-0.2, -0.15) is 0 Å². The fraction of sp³-hybridized carbons (Fsp3) is 0.833. The molecule has 0 aromatic heterocycles. The summed E-state index contributed by atoms with van der Waals surface area (Å²) in [6, 6.07) is 0. The molecule has 0 bridgehead atoms. The molecule has 0 aromatic rings. The van der Waals surface area contributed by atoms with Gasteiger partial charge in [0.15, 0.2) is 0 Å². The van der Waals surface area contributed by atoms with Gasteiger partial charge in [0.25, 0.3) is 0 Å². The van der Waals surface area contributed by atoms with Crippen LogP contribution in [-0.2, 0) is 19.6 Å². The quantitative estimate of drug-likeness (QED) is 0.652. The average Bonchev–Trinajstić information content (AvgIpc) is 3.42. The second-order valence-electron chi connectivity index (χ2n) is 10.9. The van der Waals surface area contributed by atoms with Crippen LogP contribution in [0, 0.1) is 17.3 Å². The zero-order valence-electron chi connectivity index (χ0n) is 17.8. The number of aliphatic hydroxyl groups is 1. The summed E-state index contributed by atoms with van der Waals surface area (Å²) in [5.74, 6) is 1.09. The van der Waals surface area contributed by atoms with Crippen LogP contribution in [0.2, 0.25) is 0 Å². The number of allylic oxidation sites excluding steroid dienone is 3. The molecule has 1 unspecified atom stereocenters. The maximum Gasteiger partial charge on any atom is 0.132 e. The summed E-state index contributed by atoms with van der Waals surface area (Å²) in [6.45, 7) is 5.68. The van der Waals surface area contributed by atoms with Crippen molar-refractivity contribution in [2.75, 3.05) is 13.2 Å². The second kappa shape index (κ2) is 6.17. The summed E-state index contributed by atoms with van der Waals surface area (Å²) in [4.78, 5) is 22.0. The molecule has 1 spiro atoms. The molecule has 160 valence electrons. The van der Waals surface area contributed by atoms with Crippen LogP contribution in [-0.4, -0.2) is 35.1 Å². The third-order valence-corrected chi connectivity index (χ3v) is 9.77. The Morgan fingerprint density at radius 1 is 0.966 bits per heavy atom. The van der Waals surface area contributed by atoms with Crippen molar-refractivity contribution in [3.63, 3.8) is 0 Å². The molecule has 6 aliphatic rings. The molecule has 4 aliphatic carbocycles. The molecule has 0 aromatic carbocycles. The van der Waals surface area contributed by atoms with E-state index in [1.807, 2.05) is 0 Å². The molecule has 5 heteroatoms. The van der Waals surface area contributed by atoms with Crippen molar-refractivity contribution in [2.45, 2.75) is 94.9 Å². The van der Waals surface area contributed by atoms with Gasteiger partial charge in [-0.3, -0.25) is 0 Å². The lowest BCUT2D eigenvalue weighted by molar-refractivity contribution is -0.352. The Labute approximate surface area is 173 Å². The normalized spacial score (nSPS) is 51.8. The SMILES string of the molecule is C[C@]1([C@@]2(O)CC[C@H]3[C@@H]4CCC5=C(CCC6(CCOO6)C5)C4=CC[C@@]32C)CCOO1. The highest BCUT2D eigenvalue weighted by Gasteiger charge is 2.68. The first kappa shape index (κ1) is 19.0. The lowest BCUT2D eigenvalue weighted by atomic mass is 9.53. The van der Waals surface area contributed by atoms with Crippen molar-refractivity contribution in [3.05, 3.63) is 22.8 Å². The molecule has 2 aliphatic heterocycles. The highest BCUT2D eigenvalue weighted by atomic mass is 17.2. The van der Waals surface area contributed by atoms with Gasteiger partial charge in [-0.05, 0) is 74.9 Å². The molecule has 0 radical (unpaired) electrons. The van der Waals surface area contributed by atoms with Gasteiger partial charge >= 0.3 is 0 Å². The molecule has 0 amide bonds. The van der Waals surface area contributed by atoms with Crippen LogP contribution in [0.1, 0.15) is 78.1 Å². The Morgan fingerprint density at radius 2 is 1.79 bits per heavy atom. The third kappa shape index (κ3) is 2.40. The first-order valence-corrected chi connectivity index (χ1v) is 11.6. The highest BCUT2D eigenvalue weighted by Crippen LogP contribution is 2.66. The summed E-state index contributed by atoms with van der Waals surface area (Å²) in [5, 5.41) is 12.0. The van der Waals surface area contributed by atoms with E-state index in [0.717, 1.165) is 58.0 Å². The van der Waals surface area contributed by atoms with Crippen molar-refractivity contribution in [1.82, 2.24) is 0 Å². The van der Waals surface area contributed by atoms with Gasteiger partial charge in [0.2, 0.25) is 0 Å². The molecule has 6 atom stereocenters. The summed E-state index contributed by atoms with van der Waals surface area (Å²) >= 11 is 0. The lowest BCUT2D eigenvalue weighted by Gasteiger charge is -2.54. The van der Waals surface area contributed by atoms with Gasteiger partial charge in [-0.15, -0.1) is 0 Å². The van der Waals surface area contributed by atoms with Crippen LogP contribution >= 0.6 is 0 Å². The van der Waals surface area contributed by atoms with Crippen LogP contribution in [0.25, 0.3) is 0 Å². The Balaban J connectivity index is 1.33. The number of rotatable bonds is 1. The largest absolute Gasteiger partial charge is 0.386 e. The topological polar surface area (TPSA) is 57.2 Å². The highest BCUT2D eigenvalue weighted by molar-refractivity contribution is 5.45. The number of fused-ring (bicyclic) bond motifs is 4. The van der Waals surface area contributed by atoms with Crippen molar-refractivity contribution >= 4 is 0 Å². The van der Waals surface area contributed by atoms with Crippen LogP contribution in [0.15, 0.2) is 22.8 Å². The zero-order valence-corrected chi connectivity index (χ0v) is 17.8. The summed E-state index contributed by atoms with van der Waals surface area (Å²) in [7, 11) is 0. The van der Waals surface area contributed by atoms with Gasteiger partial charge in [0.1, 0.15) is 16.8 Å². The average molecular weight is 403 g/mol. The predicted molar refractivity (Wildman–Crippen MR) is 107 cm³/mol. The first-order chi connectivity index (χ1) is 13.9. The maximum absolute atomic E-state index is 12.0. The Hall–Kier alpha value is -0.720. The lowest BCUT2D eigenvalue weighted by Crippen LogP contribution is -2.61. The van der Waals surface area contributed by atoms with Crippen LogP contribution in [0.4, 0.5) is 0 Å². The van der Waals surface area contributed by atoms with E-state index < -0.39 is 11.2 Å². The van der Waals surface area contributed by atoms with Crippen molar-refractivity contribution in [1.29, 1.82) is 0 Å². The molecule has 29 heavy (non-hydrogen) atoms. The van der Waals surface area contributed by atoms with Crippen molar-refractivity contribution < 1.29 is 24.7 Å². The van der Waals surface area contributed by atoms with Gasteiger partial charge in [-0.1, -0.05) is 18.6 Å². The smallest absolute Gasteiger partial charge is 0.132 e. The summed E-state index contributed by atoms with van der Waals surface area (Å²) < 4.78 is 0. The zero-order chi connectivity index (χ0) is 19.9. The second-order valence-corrected chi connectivity index (χ2v) is 10.9. The Kier molecular flexibility index (Phi) is 4.04. The van der Waals surface area contributed by atoms with Crippen LogP contribution in [0.3, 0.4) is 0 Å². The standard InChI is InChI=1S/C24H34O5/c1-21-8-5-18-17-6-9-23(12-14-27-29-23)15-16(17)3-4-19(18)20(21)7-10-24(21,25)22(2)11-13-26-28-22/h5,19-20,25H,3-4,6-15H2,1-2H3/t19-,20+,21+,22-,23?,24-/m1/s1. The van der Waals surface area contributed by atoms with Gasteiger partial charge < -0.3 is 5.11 Å². The molecule has 1 N–H and O–H groups in total. The molecule has 1 saturated carbocycles. The van der Waals surface area contributed by atoms with E-state index >= 15 is 0 Å². The number of hydrogen-bond acceptors (Lipinski definition) is 5. The van der Waals surface area contributed by atoms with Crippen molar-refractivity contribution in [2.24, 2.45) is 17.3 Å². The monoisotopic (exact) mass is 402 g/mol. The molecule has 3 fully saturated rings. The van der Waals surface area contributed by atoms with Crippen molar-refractivity contribution in [3.8, 4) is 0 Å². The minimum absolute atomic E-state index is 0.0581. The molecular formula is C24H34O5. The van der Waals surface area contributed by atoms with Gasteiger partial charge in [0, 0.05) is 24.7 Å². The van der Waals surface area contributed by atoms with E-state index in [2.05, 4.69) is 19.9 Å². The third-order valence-electron chi connectivity index (χ3n) is 9.77. The van der Waals surface area contributed by atoms with E-state index in [-0.39, 0.29) is 11.0 Å². The van der Waals surface area contributed by atoms with E-state index in [4.69, 9.17) is 19.6 Å². The molecule has 2 saturated heterocycles. The number of hydrogen-bond donors (Lipinski definition) is 1. The summed E-state index contributed by atoms with van der Waals surface area (Å²) in [5.41, 5.74) is 3.19. The molecule has 2 heterocycles. The fourth-order valence-corrected chi connectivity index (χ4v) is 7.98. The van der Waals surface area contributed by atoms with Gasteiger partial charge in [-0.25, -0.2) is 19.6 Å². The van der Waals surface area contributed by atoms with E-state index in [0.29, 0.717) is 18.4 Å². The predicted octanol–water partition coefficient (Wildman–Crippen LogP) is 4.56. The Morgan fingerprint density at radius 3 is 2.55 bits per heavy atom. The molecule has 6 rings (SSSR count). The molecule has 5 nitrogen and oxygen atoms in total. The van der Waals surface area contributed by atoms with Gasteiger partial charge in [0.05, 0.1) is 13.2 Å². The van der Waals surface area contributed by atoms with Crippen LogP contribution in [0.5, 0.6) is 0 Å². The minimum atomic E-state index is -0.830. The first-order valence-electron chi connectivity index (χ1n) is 11.6. The Bertz CT molecular complexity index is 772.